The second kappa shape index (κ2) is 43.5. The van der Waals surface area contributed by atoms with E-state index in [-0.39, 0.29) is 99.8 Å². The van der Waals surface area contributed by atoms with E-state index in [2.05, 4.69) is 68.0 Å². The van der Waals surface area contributed by atoms with Crippen LogP contribution in [0, 0.1) is 31.6 Å². The van der Waals surface area contributed by atoms with Crippen molar-refractivity contribution in [2.45, 2.75) is 297 Å². The number of carbonyl (C=O) groups is 2. The first-order valence-corrected chi connectivity index (χ1v) is 55.4. The van der Waals surface area contributed by atoms with Crippen LogP contribution in [0.15, 0.2) is 78.3 Å². The lowest BCUT2D eigenvalue weighted by atomic mass is 9.94. The Morgan fingerprint density at radius 3 is 1.21 bits per heavy atom. The van der Waals surface area contributed by atoms with Crippen LogP contribution in [0.3, 0.4) is 0 Å². The number of nitrogens with zero attached hydrogens (tertiary/aromatic N) is 16. The largest absolute Gasteiger partial charge is 0.478 e. The van der Waals surface area contributed by atoms with Gasteiger partial charge in [0.25, 0.3) is 17.6 Å². The number of phosphoric ester groups is 5. The number of halogens is 7. The van der Waals surface area contributed by atoms with E-state index in [1.54, 1.807) is 132 Å². The molecule has 0 radical (unpaired) electrons. The van der Waals surface area contributed by atoms with Crippen LogP contribution < -0.4 is 25.7 Å². The molecule has 0 aliphatic carbocycles. The van der Waals surface area contributed by atoms with Gasteiger partial charge in [0.05, 0.1) is 76.2 Å². The van der Waals surface area contributed by atoms with E-state index in [4.69, 9.17) is 122 Å². The Labute approximate surface area is 855 Å². The maximum atomic E-state index is 15.9. The number of aliphatic imine (C=N–C) groups is 2. The molecule has 18 heterocycles. The predicted octanol–water partition coefficient (Wildman–Crippen LogP) is 14.7. The highest BCUT2D eigenvalue weighted by atomic mass is 32.2. The number of aliphatic hydroxyl groups is 1. The van der Waals surface area contributed by atoms with Crippen LogP contribution in [-0.4, -0.2) is 282 Å². The Morgan fingerprint density at radius 1 is 0.497 bits per heavy atom. The van der Waals surface area contributed by atoms with Crippen LogP contribution in [-0.2, 0) is 129 Å². The fraction of sp³-hybridized carbons (Fsp3) is 0.686. The molecule has 10 saturated heterocycles. The summed E-state index contributed by atoms with van der Waals surface area (Å²) in [6.07, 6.45) is -8.31. The molecule has 0 amide bonds. The van der Waals surface area contributed by atoms with Crippen LogP contribution in [0.25, 0.3) is 33.5 Å². The Balaban J connectivity index is 0.000000147. The molecule has 6 aromatic heterocycles. The molecule has 63 heteroatoms. The van der Waals surface area contributed by atoms with Gasteiger partial charge in [0.1, 0.15) is 95.6 Å². The molecule has 18 rings (SSSR count). The van der Waals surface area contributed by atoms with Gasteiger partial charge in [-0.1, -0.05) is 59.5 Å². The number of thioether (sulfide) groups is 1. The summed E-state index contributed by atoms with van der Waals surface area (Å²) in [5.41, 5.74) is 2.24. The van der Waals surface area contributed by atoms with E-state index in [1.165, 1.54) is 74.0 Å². The van der Waals surface area contributed by atoms with Crippen LogP contribution in [0.5, 0.6) is 17.6 Å². The fourth-order valence-corrected chi connectivity index (χ4v) is 25.6. The summed E-state index contributed by atoms with van der Waals surface area (Å²) in [4.78, 5) is 72.7. The molecule has 25 atom stereocenters. The van der Waals surface area contributed by atoms with Gasteiger partial charge in [0.15, 0.2) is 112 Å². The van der Waals surface area contributed by atoms with Gasteiger partial charge in [-0.25, -0.2) is 98.0 Å². The highest BCUT2D eigenvalue weighted by molar-refractivity contribution is 8.13. The van der Waals surface area contributed by atoms with E-state index < -0.39 is 214 Å². The van der Waals surface area contributed by atoms with Gasteiger partial charge >= 0.3 is 45.1 Å². The van der Waals surface area contributed by atoms with Crippen molar-refractivity contribution >= 4 is 107 Å². The number of rotatable bonds is 25. The van der Waals surface area contributed by atoms with Crippen molar-refractivity contribution < 1.29 is 179 Å². The Bertz CT molecular complexity index is 6110. The molecule has 6 aromatic rings. The van der Waals surface area contributed by atoms with Gasteiger partial charge in [-0.3, -0.25) is 86.6 Å². The molecule has 9 unspecified atom stereocenters. The number of amidine groups is 2. The second-order valence-corrected chi connectivity index (χ2v) is 47.5. The number of fused-ring (bicyclic) bond motifs is 8. The SMILES string of the molecule is C=C1N=C(N)C=CN1[C@@H]1O[C@]2(CC)COP(=O)(OCOC(=O)C(C)(C)C)OC2[C@H]1F.C=C1N=C(N)C=CN1[C@@H]1O[C@]2(CC)COP(=O)(OCSC(=O)C(C)(C)C)OC2[C@H]1F.CCOc1nc(C)nc2c1ncn2[C@@H]1O[C@]2(F)COP(=O)(OC(C)C)OC2[C@@]1(C)F.CCOc1nc(C)nc2c1ncn2[C@@H]1O[C@]2(F)COP(=O)(OC(C)C)OC2[C@@]1(C)O.CCOc1nc(C)nc2c1ncn2[C@@H]1O[C@]2(F)COP(=O)(OCC)O[C@H]2[C@@]1(C)F. The number of carbonyl (C=O) groups excluding carboxylic acids is 2. The number of esters is 1. The molecule has 12 aliphatic heterocycles. The summed E-state index contributed by atoms with van der Waals surface area (Å²) in [6, 6.07) is 0. The maximum absolute atomic E-state index is 15.9. The van der Waals surface area contributed by atoms with Crippen molar-refractivity contribution in [2.24, 2.45) is 32.3 Å². The van der Waals surface area contributed by atoms with E-state index in [0.717, 1.165) is 25.6 Å². The average Bonchev–Trinajstić information content (AvgIpc) is 1.56. The monoisotopic (exact) mass is 2240 g/mol. The Morgan fingerprint density at radius 2 is 0.846 bits per heavy atom. The molecular formula is C86H122F7N18O32P5S. The molecular weight excluding hydrogens is 2120 g/mol. The molecule has 50 nitrogen and oxygen atoms in total. The lowest BCUT2D eigenvalue weighted by molar-refractivity contribution is -0.220. The summed E-state index contributed by atoms with van der Waals surface area (Å²) in [7, 11) is -20.6. The van der Waals surface area contributed by atoms with Crippen molar-refractivity contribution in [3.05, 3.63) is 85.8 Å². The van der Waals surface area contributed by atoms with E-state index in [9.17, 15) is 37.5 Å². The summed E-state index contributed by atoms with van der Waals surface area (Å²) >= 11 is 0.856. The fourth-order valence-electron chi connectivity index (χ4n) is 17.0. The standard InChI is InChI=1S/C18H27FN3O7P.C18H27FN3O6PS.C17H23F2N4O6P.C17H24FN4O7P.C16H21F2N4O6P/c1-6-18-9-26-30(24,27-10-25-16(23)17(3,4)5)29-14(18)13(19)15(28-18)22-8-7-12(20)21-11(22)2;1-6-18-9-25-29(24,26-10-30-16(23)17(3,4)5)28-14(18)13(19)15(27-18)22-8-7-12(20)21-11(22)2;1-6-25-13-11-12(21-10(4)22-13)23(8-20-11)15-16(5,18)14-17(19,27-15)7-26-30(24,29-14)28-9(2)3;1-6-25-13-11-12(20-10(4)21-13)22(8-19-11)15-16(5,23)14-17(18,27-15)7-26-30(24,29-14)28-9(2)3;1-5-24-12-10-11(20-9(3)21-12)22(8-19-10)14-15(4,17)13-16(18,27-14)7-26-29(23,28-13)25-6-2/h2*7-8,13-15H,2,6,9-10H2,1,3-5H3,(H2,20,21);8-9,14-15H,6-7H2,1-5H3;8-9,14-15,23H,6-7H2,1-5H3;8,13-14H,5-7H2,1-4H3/t13-,14?,15-,18-,30?;13-,14?,15-,18-,29?;2*14?,15-,16-,17-,30?;13-,14+,15+,16+,29?/m11110/s1. The number of imidazole rings is 3. The second-order valence-electron chi connectivity index (χ2n) is 38.6. The third-order valence-corrected chi connectivity index (χ3v) is 32.8. The summed E-state index contributed by atoms with van der Waals surface area (Å²) in [6.45, 7) is 40.8. The molecule has 0 aromatic carbocycles. The van der Waals surface area contributed by atoms with Crippen molar-refractivity contribution in [2.75, 3.05) is 72.2 Å². The summed E-state index contributed by atoms with van der Waals surface area (Å²) < 4.78 is 304. The van der Waals surface area contributed by atoms with Gasteiger partial charge in [0.2, 0.25) is 24.4 Å². The molecule has 5 N–H and O–H groups in total. The molecule has 149 heavy (non-hydrogen) atoms. The van der Waals surface area contributed by atoms with Crippen LogP contribution in [0.2, 0.25) is 0 Å². The minimum Gasteiger partial charge on any atom is -0.476 e. The van der Waals surface area contributed by atoms with Crippen LogP contribution in [0.4, 0.5) is 30.7 Å². The third kappa shape index (κ3) is 23.7. The van der Waals surface area contributed by atoms with Crippen molar-refractivity contribution in [1.82, 2.24) is 68.4 Å². The number of phosphoric acid groups is 5. The maximum Gasteiger partial charge on any atom is 0.478 e. The zero-order valence-corrected chi connectivity index (χ0v) is 90.7. The van der Waals surface area contributed by atoms with Gasteiger partial charge in [-0.15, -0.1) is 0 Å². The van der Waals surface area contributed by atoms with Crippen LogP contribution >= 0.6 is 50.9 Å². The quantitative estimate of drug-likeness (QED) is 0.0207. The third-order valence-electron chi connectivity index (χ3n) is 24.1. The van der Waals surface area contributed by atoms with Gasteiger partial charge in [0, 0.05) is 17.8 Å². The van der Waals surface area contributed by atoms with E-state index >= 15 is 30.7 Å². The first-order chi connectivity index (χ1) is 69.4. The van der Waals surface area contributed by atoms with Gasteiger partial charge in [-0.2, -0.15) is 15.0 Å². The topological polar surface area (TPSA) is 575 Å². The first-order valence-electron chi connectivity index (χ1n) is 47.1. The van der Waals surface area contributed by atoms with Crippen molar-refractivity contribution in [3.8, 4) is 17.6 Å². The summed E-state index contributed by atoms with van der Waals surface area (Å²) in [5.74, 6) is -6.04. The van der Waals surface area contributed by atoms with E-state index in [0.29, 0.717) is 55.7 Å². The smallest absolute Gasteiger partial charge is 0.476 e. The zero-order valence-electron chi connectivity index (χ0n) is 85.4. The number of hydrogen-bond donors (Lipinski definition) is 3. The van der Waals surface area contributed by atoms with Gasteiger partial charge in [-0.05, 0) is 143 Å². The normalized spacial score (nSPS) is 36.6. The minimum absolute atomic E-state index is 0.0148. The number of nitrogens with two attached hydrogens (primary N) is 2. The molecule has 10 fully saturated rings. The highest BCUT2D eigenvalue weighted by Gasteiger charge is 2.74. The van der Waals surface area contributed by atoms with Crippen LogP contribution in [0.1, 0.15) is 181 Å². The lowest BCUT2D eigenvalue weighted by Gasteiger charge is -2.39. The first kappa shape index (κ1) is 116. The van der Waals surface area contributed by atoms with E-state index in [1.807, 2.05) is 0 Å². The molecule has 0 bridgehead atoms. The number of aryl methyl sites for hydroxylation is 3. The Kier molecular flexibility index (Phi) is 34.0. The zero-order chi connectivity index (χ0) is 109. The number of hydrogen-bond acceptors (Lipinski definition) is 48. The van der Waals surface area contributed by atoms with Crippen molar-refractivity contribution in [1.29, 1.82) is 0 Å². The number of alkyl halides is 7. The average molecular weight is 2240 g/mol. The molecule has 828 valence electrons. The minimum atomic E-state index is -4.18. The van der Waals surface area contributed by atoms with Crippen molar-refractivity contribution in [3.63, 3.8) is 0 Å². The predicted molar refractivity (Wildman–Crippen MR) is 510 cm³/mol. The lowest BCUT2D eigenvalue weighted by Crippen LogP contribution is -2.52. The number of ether oxygens (including phenoxy) is 9. The van der Waals surface area contributed by atoms with Gasteiger partial charge < -0.3 is 69.0 Å². The Hall–Kier alpha value is -8.14. The molecule has 0 spiro atoms. The molecule has 0 saturated carbocycles. The number of aromatic nitrogens is 12. The summed E-state index contributed by atoms with van der Waals surface area (Å²) in [5, 5.41) is 11.1. The highest BCUT2D eigenvalue weighted by Crippen LogP contribution is 2.69. The molecule has 12 aliphatic rings.